The zero-order chi connectivity index (χ0) is 14.0. The first-order valence-electron chi connectivity index (χ1n) is 5.93. The summed E-state index contributed by atoms with van der Waals surface area (Å²) in [5.74, 6) is -0.124. The van der Waals surface area contributed by atoms with E-state index >= 15 is 0 Å². The quantitative estimate of drug-likeness (QED) is 0.755. The molecule has 0 saturated carbocycles. The number of hydrogen-bond acceptors (Lipinski definition) is 2. The Morgan fingerprint density at radius 3 is 2.74 bits per heavy atom. The molecule has 1 atom stereocenters. The molecule has 106 valence electrons. The highest BCUT2D eigenvalue weighted by Crippen LogP contribution is 2.41. The Bertz CT molecular complexity index is 460. The average Bonchev–Trinajstić information content (AvgIpc) is 2.57. The van der Waals surface area contributed by atoms with Crippen molar-refractivity contribution in [3.8, 4) is 5.75 Å². The van der Waals surface area contributed by atoms with Gasteiger partial charge in [-0.05, 0) is 36.1 Å². The van der Waals surface area contributed by atoms with E-state index in [0.29, 0.717) is 23.9 Å². The Morgan fingerprint density at radius 1 is 1.42 bits per heavy atom. The number of methoxy groups -OCH3 is 1. The van der Waals surface area contributed by atoms with Crippen LogP contribution in [0.2, 0.25) is 0 Å². The van der Waals surface area contributed by atoms with Gasteiger partial charge in [-0.15, -0.1) is 0 Å². The van der Waals surface area contributed by atoms with E-state index in [2.05, 4.69) is 15.9 Å². The molecule has 0 bridgehead atoms. The molecule has 1 unspecified atom stereocenters. The molecule has 19 heavy (non-hydrogen) atoms. The van der Waals surface area contributed by atoms with Gasteiger partial charge in [0.25, 0.3) is 0 Å². The maximum absolute atomic E-state index is 13.0. The Balaban J connectivity index is 2.56. The number of benzene rings is 1. The number of alkyl halides is 4. The topological polar surface area (TPSA) is 18.5 Å². The second-order valence-electron chi connectivity index (χ2n) is 4.37. The number of hydrogen-bond donors (Lipinski definition) is 0. The molecule has 1 heterocycles. The molecule has 1 aliphatic heterocycles. The lowest BCUT2D eigenvalue weighted by molar-refractivity contribution is -0.138. The van der Waals surface area contributed by atoms with Crippen molar-refractivity contribution in [1.82, 2.24) is 0 Å². The van der Waals surface area contributed by atoms with E-state index in [1.165, 1.54) is 13.2 Å². The highest BCUT2D eigenvalue weighted by molar-refractivity contribution is 9.09. The third kappa shape index (κ3) is 3.05. The Kier molecular flexibility index (Phi) is 4.40. The van der Waals surface area contributed by atoms with Crippen molar-refractivity contribution in [2.45, 2.75) is 25.1 Å². The van der Waals surface area contributed by atoms with Crippen LogP contribution >= 0.6 is 15.9 Å². The predicted octanol–water partition coefficient (Wildman–Crippen LogP) is 4.11. The normalized spacial score (nSPS) is 19.7. The predicted molar refractivity (Wildman–Crippen MR) is 68.8 cm³/mol. The fourth-order valence-corrected chi connectivity index (χ4v) is 2.79. The van der Waals surface area contributed by atoms with Gasteiger partial charge >= 0.3 is 6.18 Å². The van der Waals surface area contributed by atoms with Gasteiger partial charge in [0, 0.05) is 11.9 Å². The van der Waals surface area contributed by atoms with Crippen LogP contribution in [-0.2, 0) is 17.3 Å². The lowest BCUT2D eigenvalue weighted by Crippen LogP contribution is -2.12. The van der Waals surface area contributed by atoms with Crippen LogP contribution in [-0.4, -0.2) is 19.0 Å². The molecule has 0 amide bonds. The Labute approximate surface area is 118 Å². The van der Waals surface area contributed by atoms with E-state index in [0.717, 1.165) is 18.1 Å². The first-order chi connectivity index (χ1) is 8.97. The third-order valence-electron chi connectivity index (χ3n) is 3.16. The van der Waals surface area contributed by atoms with Crippen molar-refractivity contribution in [2.75, 3.05) is 19.0 Å². The second kappa shape index (κ2) is 5.71. The van der Waals surface area contributed by atoms with Crippen LogP contribution in [0.1, 0.15) is 29.2 Å². The lowest BCUT2D eigenvalue weighted by atomic mass is 9.96. The van der Waals surface area contributed by atoms with Crippen molar-refractivity contribution < 1.29 is 22.6 Å². The largest absolute Gasteiger partial charge is 0.496 e. The molecule has 2 rings (SSSR count). The minimum atomic E-state index is -4.43. The van der Waals surface area contributed by atoms with Crippen LogP contribution in [0.15, 0.2) is 12.1 Å². The average molecular weight is 339 g/mol. The molecule has 1 aliphatic rings. The van der Waals surface area contributed by atoms with Crippen molar-refractivity contribution in [3.05, 3.63) is 28.8 Å². The summed E-state index contributed by atoms with van der Waals surface area (Å²) in [6, 6.07) is 2.65. The number of halogens is 4. The van der Waals surface area contributed by atoms with Gasteiger partial charge in [0.15, 0.2) is 0 Å². The van der Waals surface area contributed by atoms with Crippen LogP contribution < -0.4 is 4.74 Å². The molecule has 0 spiro atoms. The van der Waals surface area contributed by atoms with Gasteiger partial charge in [-0.25, -0.2) is 0 Å². The minimum Gasteiger partial charge on any atom is -0.496 e. The molecular formula is C13H14BrF3O2. The van der Waals surface area contributed by atoms with Gasteiger partial charge in [-0.1, -0.05) is 15.9 Å². The maximum atomic E-state index is 13.0. The maximum Gasteiger partial charge on any atom is 0.419 e. The molecule has 1 aromatic rings. The number of ether oxygens (including phenoxy) is 2. The minimum absolute atomic E-state index is 0.124. The summed E-state index contributed by atoms with van der Waals surface area (Å²) in [6.45, 7) is 0.550. The highest BCUT2D eigenvalue weighted by atomic mass is 79.9. The van der Waals surface area contributed by atoms with E-state index in [-0.39, 0.29) is 11.9 Å². The standard InChI is InChI=1S/C13H14BrF3O2/c1-18-11-5-8-3-2-4-19-12(7-14)9(8)6-10(11)13(15,16)17/h5-6,12H,2-4,7H2,1H3. The third-order valence-corrected chi connectivity index (χ3v) is 3.75. The van der Waals surface area contributed by atoms with Gasteiger partial charge in [0.05, 0.1) is 18.8 Å². The molecule has 0 N–H and O–H groups in total. The summed E-state index contributed by atoms with van der Waals surface area (Å²) in [5, 5.41) is 0.476. The van der Waals surface area contributed by atoms with E-state index in [9.17, 15) is 13.2 Å². The van der Waals surface area contributed by atoms with Crippen LogP contribution in [0, 0.1) is 0 Å². The fourth-order valence-electron chi connectivity index (χ4n) is 2.25. The number of fused-ring (bicyclic) bond motifs is 1. The van der Waals surface area contributed by atoms with Gasteiger partial charge in [-0.3, -0.25) is 0 Å². The monoisotopic (exact) mass is 338 g/mol. The fraction of sp³-hybridized carbons (Fsp3) is 0.538. The molecule has 0 radical (unpaired) electrons. The highest BCUT2D eigenvalue weighted by Gasteiger charge is 2.36. The summed E-state index contributed by atoms with van der Waals surface area (Å²) in [4.78, 5) is 0. The zero-order valence-electron chi connectivity index (χ0n) is 10.4. The van der Waals surface area contributed by atoms with Crippen molar-refractivity contribution in [3.63, 3.8) is 0 Å². The van der Waals surface area contributed by atoms with Crippen molar-refractivity contribution in [1.29, 1.82) is 0 Å². The van der Waals surface area contributed by atoms with Crippen molar-refractivity contribution in [2.24, 2.45) is 0 Å². The summed E-state index contributed by atoms with van der Waals surface area (Å²) in [5.41, 5.74) is 0.722. The molecule has 0 saturated heterocycles. The lowest BCUT2D eigenvalue weighted by Gasteiger charge is -2.19. The molecule has 2 nitrogen and oxygen atoms in total. The van der Waals surface area contributed by atoms with Gasteiger partial charge in [-0.2, -0.15) is 13.2 Å². The van der Waals surface area contributed by atoms with E-state index in [1.54, 1.807) is 0 Å². The van der Waals surface area contributed by atoms with E-state index in [1.807, 2.05) is 0 Å². The van der Waals surface area contributed by atoms with Gasteiger partial charge < -0.3 is 9.47 Å². The Morgan fingerprint density at radius 2 is 2.16 bits per heavy atom. The first kappa shape index (κ1) is 14.7. The molecule has 6 heteroatoms. The number of rotatable bonds is 2. The van der Waals surface area contributed by atoms with Crippen molar-refractivity contribution >= 4 is 15.9 Å². The smallest absolute Gasteiger partial charge is 0.419 e. The SMILES string of the molecule is COc1cc2c(cc1C(F)(F)F)C(CBr)OCCC2. The molecule has 1 aromatic carbocycles. The van der Waals surface area contributed by atoms with Crippen LogP contribution in [0.4, 0.5) is 13.2 Å². The van der Waals surface area contributed by atoms with Crippen LogP contribution in [0.25, 0.3) is 0 Å². The summed E-state index contributed by atoms with van der Waals surface area (Å²) < 4.78 is 49.5. The zero-order valence-corrected chi connectivity index (χ0v) is 12.0. The van der Waals surface area contributed by atoms with Gasteiger partial charge in [0.2, 0.25) is 0 Å². The molecular weight excluding hydrogens is 325 g/mol. The molecule has 0 aliphatic carbocycles. The van der Waals surface area contributed by atoms with E-state index in [4.69, 9.17) is 9.47 Å². The summed E-state index contributed by atoms with van der Waals surface area (Å²) in [6.07, 6.45) is -3.27. The molecule has 0 aromatic heterocycles. The number of aryl methyl sites for hydroxylation is 1. The van der Waals surface area contributed by atoms with Gasteiger partial charge in [0.1, 0.15) is 5.75 Å². The first-order valence-corrected chi connectivity index (χ1v) is 7.05. The molecule has 0 fully saturated rings. The van der Waals surface area contributed by atoms with Crippen LogP contribution in [0.3, 0.4) is 0 Å². The summed E-state index contributed by atoms with van der Waals surface area (Å²) >= 11 is 3.29. The van der Waals surface area contributed by atoms with E-state index < -0.39 is 11.7 Å². The second-order valence-corrected chi connectivity index (χ2v) is 5.01. The summed E-state index contributed by atoms with van der Waals surface area (Å²) in [7, 11) is 1.26. The van der Waals surface area contributed by atoms with Crippen LogP contribution in [0.5, 0.6) is 5.75 Å². The Hall–Kier alpha value is -0.750.